The van der Waals surface area contributed by atoms with Crippen molar-refractivity contribution in [3.8, 4) is 11.5 Å². The van der Waals surface area contributed by atoms with Crippen LogP contribution in [0.3, 0.4) is 0 Å². The van der Waals surface area contributed by atoms with Crippen LogP contribution in [0.25, 0.3) is 0 Å². The molecule has 1 aromatic heterocycles. The number of aromatic nitrogens is 1. The number of hydrogen-bond acceptors (Lipinski definition) is 5. The lowest BCUT2D eigenvalue weighted by molar-refractivity contribution is 0.174. The number of nitrogens with zero attached hydrogens (tertiary/aromatic N) is 2. The highest BCUT2D eigenvalue weighted by Gasteiger charge is 2.14. The summed E-state index contributed by atoms with van der Waals surface area (Å²) in [5.74, 6) is 2.46. The number of fused-ring (bicyclic) bond motifs is 1. The zero-order valence-corrected chi connectivity index (χ0v) is 15.9. The summed E-state index contributed by atoms with van der Waals surface area (Å²) in [6, 6.07) is 9.48. The van der Waals surface area contributed by atoms with E-state index in [1.807, 2.05) is 30.5 Å². The van der Waals surface area contributed by atoms with E-state index in [9.17, 15) is 4.79 Å². The summed E-state index contributed by atoms with van der Waals surface area (Å²) >= 11 is 0. The molecular weight excluding hydrogens is 356 g/mol. The predicted molar refractivity (Wildman–Crippen MR) is 107 cm³/mol. The minimum atomic E-state index is -0.203. The molecule has 1 saturated heterocycles. The highest BCUT2D eigenvalue weighted by Crippen LogP contribution is 2.32. The number of urea groups is 1. The molecule has 0 atom stereocenters. The summed E-state index contributed by atoms with van der Waals surface area (Å²) in [5.41, 5.74) is 2.01. The van der Waals surface area contributed by atoms with E-state index in [4.69, 9.17) is 9.47 Å². The van der Waals surface area contributed by atoms with Gasteiger partial charge in [-0.25, -0.2) is 9.78 Å². The van der Waals surface area contributed by atoms with E-state index in [0.717, 1.165) is 41.5 Å². The van der Waals surface area contributed by atoms with Gasteiger partial charge in [-0.1, -0.05) is 18.9 Å². The van der Waals surface area contributed by atoms with Crippen molar-refractivity contribution in [2.75, 3.05) is 24.8 Å². The number of ether oxygens (including phenoxy) is 2. The number of nitrogens with one attached hydrogen (secondary N) is 2. The fourth-order valence-corrected chi connectivity index (χ4v) is 3.52. The first-order valence-corrected chi connectivity index (χ1v) is 9.88. The van der Waals surface area contributed by atoms with E-state index < -0.39 is 0 Å². The maximum Gasteiger partial charge on any atom is 0.315 e. The molecule has 2 amide bonds. The highest BCUT2D eigenvalue weighted by atomic mass is 16.7. The SMILES string of the molecule is O=C(NCc1ccnc(N2CCCCCC2)c1)NCc1ccc2c(c1)OCO2. The summed E-state index contributed by atoms with van der Waals surface area (Å²) in [7, 11) is 0. The molecule has 0 radical (unpaired) electrons. The second kappa shape index (κ2) is 8.82. The Balaban J connectivity index is 1.27. The Morgan fingerprint density at radius 1 is 0.929 bits per heavy atom. The van der Waals surface area contributed by atoms with E-state index in [2.05, 4.69) is 26.6 Å². The number of rotatable bonds is 5. The van der Waals surface area contributed by atoms with Gasteiger partial charge in [-0.15, -0.1) is 0 Å². The fraction of sp³-hybridized carbons (Fsp3) is 0.429. The summed E-state index contributed by atoms with van der Waals surface area (Å²) in [4.78, 5) is 19.0. The molecule has 0 bridgehead atoms. The van der Waals surface area contributed by atoms with E-state index in [0.29, 0.717) is 13.1 Å². The molecule has 3 heterocycles. The quantitative estimate of drug-likeness (QED) is 0.831. The largest absolute Gasteiger partial charge is 0.454 e. The van der Waals surface area contributed by atoms with Gasteiger partial charge in [0.05, 0.1) is 0 Å². The van der Waals surface area contributed by atoms with Gasteiger partial charge in [0, 0.05) is 32.4 Å². The van der Waals surface area contributed by atoms with Crippen LogP contribution in [0.1, 0.15) is 36.8 Å². The van der Waals surface area contributed by atoms with Gasteiger partial charge in [-0.2, -0.15) is 0 Å². The molecular formula is C21H26N4O3. The van der Waals surface area contributed by atoms with Gasteiger partial charge in [0.2, 0.25) is 6.79 Å². The number of hydrogen-bond donors (Lipinski definition) is 2. The van der Waals surface area contributed by atoms with Crippen molar-refractivity contribution in [3.05, 3.63) is 47.7 Å². The van der Waals surface area contributed by atoms with E-state index in [1.165, 1.54) is 25.7 Å². The van der Waals surface area contributed by atoms with Gasteiger partial charge in [-0.3, -0.25) is 0 Å². The lowest BCUT2D eigenvalue weighted by Crippen LogP contribution is -2.34. The van der Waals surface area contributed by atoms with Crippen LogP contribution in [0, 0.1) is 0 Å². The number of carbonyl (C=O) groups is 1. The topological polar surface area (TPSA) is 75.7 Å². The van der Waals surface area contributed by atoms with Gasteiger partial charge in [-0.05, 0) is 48.2 Å². The first kappa shape index (κ1) is 18.4. The number of amides is 2. The third-order valence-corrected chi connectivity index (χ3v) is 5.08. The maximum atomic E-state index is 12.2. The molecule has 7 nitrogen and oxygen atoms in total. The zero-order chi connectivity index (χ0) is 19.2. The van der Waals surface area contributed by atoms with Crippen LogP contribution in [0.2, 0.25) is 0 Å². The molecule has 28 heavy (non-hydrogen) atoms. The highest BCUT2D eigenvalue weighted by molar-refractivity contribution is 5.73. The van der Waals surface area contributed by atoms with Crippen molar-refractivity contribution >= 4 is 11.8 Å². The third-order valence-electron chi connectivity index (χ3n) is 5.08. The number of benzene rings is 1. The first-order chi connectivity index (χ1) is 13.8. The van der Waals surface area contributed by atoms with Crippen molar-refractivity contribution in [3.63, 3.8) is 0 Å². The Labute approximate surface area is 165 Å². The van der Waals surface area contributed by atoms with Crippen LogP contribution < -0.4 is 25.0 Å². The van der Waals surface area contributed by atoms with Gasteiger partial charge in [0.1, 0.15) is 5.82 Å². The monoisotopic (exact) mass is 382 g/mol. The molecule has 2 aliphatic heterocycles. The van der Waals surface area contributed by atoms with Crippen molar-refractivity contribution in [1.82, 2.24) is 15.6 Å². The van der Waals surface area contributed by atoms with Gasteiger partial charge in [0.15, 0.2) is 11.5 Å². The molecule has 1 fully saturated rings. The Kier molecular flexibility index (Phi) is 5.80. The molecule has 7 heteroatoms. The smallest absolute Gasteiger partial charge is 0.315 e. The van der Waals surface area contributed by atoms with E-state index in [1.54, 1.807) is 0 Å². The van der Waals surface area contributed by atoms with Crippen molar-refractivity contribution < 1.29 is 14.3 Å². The summed E-state index contributed by atoms with van der Waals surface area (Å²) in [6.07, 6.45) is 6.84. The van der Waals surface area contributed by atoms with Crippen LogP contribution in [0.4, 0.5) is 10.6 Å². The molecule has 1 aromatic carbocycles. The minimum Gasteiger partial charge on any atom is -0.454 e. The van der Waals surface area contributed by atoms with Crippen molar-refractivity contribution in [2.24, 2.45) is 0 Å². The molecule has 148 valence electrons. The Bertz CT molecular complexity index is 819. The van der Waals surface area contributed by atoms with Crippen LogP contribution in [-0.2, 0) is 13.1 Å². The van der Waals surface area contributed by atoms with Gasteiger partial charge in [0.25, 0.3) is 0 Å². The number of anilines is 1. The minimum absolute atomic E-state index is 0.203. The lowest BCUT2D eigenvalue weighted by atomic mass is 10.2. The predicted octanol–water partition coefficient (Wildman–Crippen LogP) is 3.19. The summed E-state index contributed by atoms with van der Waals surface area (Å²) < 4.78 is 10.7. The maximum absolute atomic E-state index is 12.2. The molecule has 0 spiro atoms. The first-order valence-electron chi connectivity index (χ1n) is 9.88. The lowest BCUT2D eigenvalue weighted by Gasteiger charge is -2.21. The number of pyridine rings is 1. The van der Waals surface area contributed by atoms with Crippen LogP contribution in [0.15, 0.2) is 36.5 Å². The second-order valence-electron chi connectivity index (χ2n) is 7.15. The van der Waals surface area contributed by atoms with Crippen LogP contribution in [-0.4, -0.2) is 30.9 Å². The van der Waals surface area contributed by atoms with Gasteiger partial charge >= 0.3 is 6.03 Å². The molecule has 0 saturated carbocycles. The van der Waals surface area contributed by atoms with Gasteiger partial charge < -0.3 is 25.0 Å². The molecule has 2 aromatic rings. The fourth-order valence-electron chi connectivity index (χ4n) is 3.52. The average Bonchev–Trinajstić information content (AvgIpc) is 3.02. The second-order valence-corrected chi connectivity index (χ2v) is 7.15. The molecule has 0 unspecified atom stereocenters. The standard InChI is InChI=1S/C21H26N4O3/c26-21(23-13-16-5-6-18-19(11-16)28-15-27-18)24-14-17-7-8-22-20(12-17)25-9-3-1-2-4-10-25/h5-8,11-12H,1-4,9-10,13-15H2,(H2,23,24,26). The van der Waals surface area contributed by atoms with E-state index in [-0.39, 0.29) is 12.8 Å². The van der Waals surface area contributed by atoms with Crippen molar-refractivity contribution in [2.45, 2.75) is 38.8 Å². The Hall–Kier alpha value is -2.96. The normalized spacial score (nSPS) is 15.8. The van der Waals surface area contributed by atoms with Crippen LogP contribution in [0.5, 0.6) is 11.5 Å². The number of carbonyl (C=O) groups excluding carboxylic acids is 1. The molecule has 2 N–H and O–H groups in total. The molecule has 4 rings (SSSR count). The molecule has 2 aliphatic rings. The third kappa shape index (κ3) is 4.65. The van der Waals surface area contributed by atoms with Crippen molar-refractivity contribution in [1.29, 1.82) is 0 Å². The summed E-state index contributed by atoms with van der Waals surface area (Å²) in [5, 5.41) is 5.79. The van der Waals surface area contributed by atoms with Crippen LogP contribution >= 0.6 is 0 Å². The average molecular weight is 382 g/mol. The Morgan fingerprint density at radius 3 is 2.43 bits per heavy atom. The van der Waals surface area contributed by atoms with E-state index >= 15 is 0 Å². The summed E-state index contributed by atoms with van der Waals surface area (Å²) in [6.45, 7) is 3.26. The molecule has 0 aliphatic carbocycles. The zero-order valence-electron chi connectivity index (χ0n) is 15.9. The Morgan fingerprint density at radius 2 is 1.64 bits per heavy atom.